The predicted octanol–water partition coefficient (Wildman–Crippen LogP) is 4.92. The summed E-state index contributed by atoms with van der Waals surface area (Å²) < 4.78 is 40.2. The molecule has 3 aromatic carbocycles. The van der Waals surface area contributed by atoms with Crippen molar-refractivity contribution in [2.75, 3.05) is 0 Å². The van der Waals surface area contributed by atoms with Crippen LogP contribution in [-0.4, -0.2) is 0 Å². The summed E-state index contributed by atoms with van der Waals surface area (Å²) in [4.78, 5) is 0. The fourth-order valence-corrected chi connectivity index (χ4v) is 2.12. The normalized spacial score (nSPS) is 10.9. The van der Waals surface area contributed by atoms with Crippen molar-refractivity contribution < 1.29 is 13.2 Å². The lowest BCUT2D eigenvalue weighted by atomic mass is 10.0. The van der Waals surface area contributed by atoms with Crippen molar-refractivity contribution in [3.05, 3.63) is 72.0 Å². The van der Waals surface area contributed by atoms with Gasteiger partial charge in [-0.15, -0.1) is 0 Å². The van der Waals surface area contributed by atoms with Crippen molar-refractivity contribution in [3.63, 3.8) is 0 Å². The number of benzene rings is 3. The van der Waals surface area contributed by atoms with Crippen LogP contribution in [0.15, 0.2) is 54.6 Å². The highest BCUT2D eigenvalue weighted by Crippen LogP contribution is 2.28. The molecule has 0 fully saturated rings. The molecule has 94 valence electrons. The lowest BCUT2D eigenvalue weighted by Gasteiger charge is -2.06. The molecule has 0 N–H and O–H groups in total. The van der Waals surface area contributed by atoms with Crippen LogP contribution < -0.4 is 0 Å². The maximum Gasteiger partial charge on any atom is 0.166 e. The van der Waals surface area contributed by atoms with Gasteiger partial charge in [0, 0.05) is 11.6 Å². The van der Waals surface area contributed by atoms with E-state index in [4.69, 9.17) is 0 Å². The molecule has 19 heavy (non-hydrogen) atoms. The average molecular weight is 258 g/mol. The van der Waals surface area contributed by atoms with Crippen LogP contribution >= 0.6 is 0 Å². The van der Waals surface area contributed by atoms with E-state index in [0.717, 1.165) is 16.8 Å². The molecule has 0 heterocycles. The summed E-state index contributed by atoms with van der Waals surface area (Å²) in [6.45, 7) is 0. The van der Waals surface area contributed by atoms with E-state index in [0.29, 0.717) is 11.6 Å². The smallest absolute Gasteiger partial charge is 0.166 e. The van der Waals surface area contributed by atoms with E-state index in [1.807, 2.05) is 24.3 Å². The van der Waals surface area contributed by atoms with Gasteiger partial charge in [-0.3, -0.25) is 0 Å². The zero-order valence-electron chi connectivity index (χ0n) is 9.83. The second-order valence-electron chi connectivity index (χ2n) is 4.31. The van der Waals surface area contributed by atoms with Gasteiger partial charge in [0.2, 0.25) is 0 Å². The molecule has 0 saturated carbocycles. The Bertz CT molecular complexity index is 763. The first-order valence-electron chi connectivity index (χ1n) is 5.79. The molecule has 0 saturated heterocycles. The molecule has 0 spiro atoms. The van der Waals surface area contributed by atoms with Gasteiger partial charge in [-0.1, -0.05) is 36.4 Å². The van der Waals surface area contributed by atoms with Crippen LogP contribution in [0.3, 0.4) is 0 Å². The molecule has 3 heteroatoms. The Labute approximate surface area is 108 Å². The summed E-state index contributed by atoms with van der Waals surface area (Å²) in [5.74, 6) is -3.00. The van der Waals surface area contributed by atoms with Crippen molar-refractivity contribution in [1.29, 1.82) is 0 Å². The molecule has 0 radical (unpaired) electrons. The van der Waals surface area contributed by atoms with Crippen molar-refractivity contribution in [3.8, 4) is 11.1 Å². The molecular weight excluding hydrogens is 249 g/mol. The third-order valence-electron chi connectivity index (χ3n) is 3.05. The molecule has 0 aliphatic carbocycles. The van der Waals surface area contributed by atoms with Crippen molar-refractivity contribution in [1.82, 2.24) is 0 Å². The van der Waals surface area contributed by atoms with Gasteiger partial charge in [0.25, 0.3) is 0 Å². The van der Waals surface area contributed by atoms with E-state index in [2.05, 4.69) is 0 Å². The highest BCUT2D eigenvalue weighted by molar-refractivity contribution is 5.87. The molecule has 0 unspecified atom stereocenters. The Morgan fingerprint density at radius 1 is 0.684 bits per heavy atom. The van der Waals surface area contributed by atoms with Gasteiger partial charge in [-0.2, -0.15) is 0 Å². The van der Waals surface area contributed by atoms with E-state index in [1.165, 1.54) is 0 Å². The van der Waals surface area contributed by atoms with Crippen LogP contribution in [0.25, 0.3) is 21.9 Å². The van der Waals surface area contributed by atoms with E-state index >= 15 is 0 Å². The topological polar surface area (TPSA) is 0 Å². The van der Waals surface area contributed by atoms with Crippen LogP contribution in [0.4, 0.5) is 13.2 Å². The molecule has 3 aromatic rings. The van der Waals surface area contributed by atoms with Crippen LogP contribution in [0, 0.1) is 17.5 Å². The predicted molar refractivity (Wildman–Crippen MR) is 69.3 cm³/mol. The van der Waals surface area contributed by atoms with Crippen LogP contribution in [-0.2, 0) is 0 Å². The Hall–Kier alpha value is -2.29. The molecule has 0 aromatic heterocycles. The Balaban J connectivity index is 2.24. The van der Waals surface area contributed by atoms with Crippen LogP contribution in [0.5, 0.6) is 0 Å². The van der Waals surface area contributed by atoms with E-state index < -0.39 is 17.5 Å². The molecule has 0 atom stereocenters. The minimum absolute atomic E-state index is 0.0664. The molecular formula is C16H9F3. The lowest BCUT2D eigenvalue weighted by molar-refractivity contribution is 0.497. The summed E-state index contributed by atoms with van der Waals surface area (Å²) in [5, 5.41) is 1.88. The average Bonchev–Trinajstić information content (AvgIpc) is 2.42. The number of halogens is 3. The van der Waals surface area contributed by atoms with Crippen LogP contribution in [0.2, 0.25) is 0 Å². The van der Waals surface area contributed by atoms with Gasteiger partial charge in [-0.05, 0) is 28.5 Å². The zero-order chi connectivity index (χ0) is 13.4. The fraction of sp³-hybridized carbons (Fsp3) is 0. The first kappa shape index (κ1) is 11.8. The Morgan fingerprint density at radius 3 is 2.21 bits per heavy atom. The largest absolute Gasteiger partial charge is 0.207 e. The minimum Gasteiger partial charge on any atom is -0.207 e. The maximum atomic E-state index is 13.7. The summed E-state index contributed by atoms with van der Waals surface area (Å²) in [6.07, 6.45) is 0. The molecule has 0 bridgehead atoms. The van der Waals surface area contributed by atoms with Crippen molar-refractivity contribution in [2.45, 2.75) is 0 Å². The summed E-state index contributed by atoms with van der Waals surface area (Å²) in [7, 11) is 0. The molecule has 3 rings (SSSR count). The van der Waals surface area contributed by atoms with Crippen molar-refractivity contribution in [2.24, 2.45) is 0 Å². The number of fused-ring (bicyclic) bond motifs is 1. The minimum atomic E-state index is -1.18. The standard InChI is InChI=1S/C16H9F3/c17-13-8-14(16(19)15(18)9-13)12-6-5-10-3-1-2-4-11(10)7-12/h1-9H. The lowest BCUT2D eigenvalue weighted by Crippen LogP contribution is -1.92. The van der Waals surface area contributed by atoms with Crippen molar-refractivity contribution >= 4 is 10.8 Å². The monoisotopic (exact) mass is 258 g/mol. The van der Waals surface area contributed by atoms with Gasteiger partial charge < -0.3 is 0 Å². The number of hydrogen-bond acceptors (Lipinski definition) is 0. The second-order valence-corrected chi connectivity index (χ2v) is 4.31. The second kappa shape index (κ2) is 4.43. The SMILES string of the molecule is Fc1cc(F)c(F)c(-c2ccc3ccccc3c2)c1. The fourth-order valence-electron chi connectivity index (χ4n) is 2.12. The molecule has 0 aliphatic rings. The molecule has 0 amide bonds. The highest BCUT2D eigenvalue weighted by atomic mass is 19.2. The molecule has 0 nitrogen and oxygen atoms in total. The first-order chi connectivity index (χ1) is 9.15. The zero-order valence-corrected chi connectivity index (χ0v) is 9.83. The highest BCUT2D eigenvalue weighted by Gasteiger charge is 2.12. The van der Waals surface area contributed by atoms with Gasteiger partial charge in [0.1, 0.15) is 5.82 Å². The summed E-state index contributed by atoms with van der Waals surface area (Å²) >= 11 is 0. The quantitative estimate of drug-likeness (QED) is 0.543. The third kappa shape index (κ3) is 2.08. The van der Waals surface area contributed by atoms with Crippen LogP contribution in [0.1, 0.15) is 0 Å². The Kier molecular flexibility index (Phi) is 2.75. The van der Waals surface area contributed by atoms with E-state index in [9.17, 15) is 13.2 Å². The van der Waals surface area contributed by atoms with Gasteiger partial charge in [-0.25, -0.2) is 13.2 Å². The van der Waals surface area contributed by atoms with Gasteiger partial charge in [0.15, 0.2) is 11.6 Å². The summed E-state index contributed by atoms with van der Waals surface area (Å²) in [6, 6.07) is 14.2. The molecule has 0 aliphatic heterocycles. The van der Waals surface area contributed by atoms with Gasteiger partial charge in [0.05, 0.1) is 0 Å². The van der Waals surface area contributed by atoms with E-state index in [-0.39, 0.29) is 5.56 Å². The Morgan fingerprint density at radius 2 is 1.42 bits per heavy atom. The first-order valence-corrected chi connectivity index (χ1v) is 5.79. The van der Waals surface area contributed by atoms with Gasteiger partial charge >= 0.3 is 0 Å². The number of hydrogen-bond donors (Lipinski definition) is 0. The van der Waals surface area contributed by atoms with E-state index in [1.54, 1.807) is 18.2 Å². The number of rotatable bonds is 1. The maximum absolute atomic E-state index is 13.7. The third-order valence-corrected chi connectivity index (χ3v) is 3.05. The summed E-state index contributed by atoms with van der Waals surface area (Å²) in [5.41, 5.74) is 0.387.